The standard InChI is InChI=1S/C9H11BO2/c1-2-9-7-5-3-4-6-8(7)10(11)12-9/h3-6,9,11H,2H2,1H3/t9-/m1/s1. The van der Waals surface area contributed by atoms with Crippen molar-refractivity contribution >= 4 is 12.6 Å². The van der Waals surface area contributed by atoms with Crippen molar-refractivity contribution in [2.45, 2.75) is 19.4 Å². The highest BCUT2D eigenvalue weighted by Crippen LogP contribution is 2.25. The van der Waals surface area contributed by atoms with Crippen molar-refractivity contribution in [1.82, 2.24) is 0 Å². The fraction of sp³-hybridized carbons (Fsp3) is 0.333. The highest BCUT2D eigenvalue weighted by molar-refractivity contribution is 6.61. The maximum Gasteiger partial charge on any atom is 0.491 e. The molecule has 0 saturated heterocycles. The fourth-order valence-corrected chi connectivity index (χ4v) is 1.65. The second-order valence-corrected chi connectivity index (χ2v) is 3.01. The average Bonchev–Trinajstić information content (AvgIpc) is 2.44. The summed E-state index contributed by atoms with van der Waals surface area (Å²) < 4.78 is 5.34. The van der Waals surface area contributed by atoms with Gasteiger partial charge in [0.1, 0.15) is 0 Å². The highest BCUT2D eigenvalue weighted by Gasteiger charge is 2.33. The van der Waals surface area contributed by atoms with E-state index in [0.29, 0.717) is 0 Å². The summed E-state index contributed by atoms with van der Waals surface area (Å²) in [6, 6.07) is 7.82. The third kappa shape index (κ3) is 1.06. The molecule has 2 rings (SSSR count). The predicted molar refractivity (Wildman–Crippen MR) is 48.2 cm³/mol. The van der Waals surface area contributed by atoms with Crippen LogP contribution in [-0.2, 0) is 4.65 Å². The van der Waals surface area contributed by atoms with Crippen molar-refractivity contribution in [3.05, 3.63) is 29.8 Å². The molecular formula is C9H11BO2. The van der Waals surface area contributed by atoms with Crippen LogP contribution < -0.4 is 5.46 Å². The molecule has 1 N–H and O–H groups in total. The number of hydrogen-bond acceptors (Lipinski definition) is 2. The molecule has 0 saturated carbocycles. The summed E-state index contributed by atoms with van der Waals surface area (Å²) in [5.74, 6) is 0. The van der Waals surface area contributed by atoms with Crippen molar-refractivity contribution in [2.75, 3.05) is 0 Å². The molecule has 0 aliphatic carbocycles. The zero-order chi connectivity index (χ0) is 8.55. The molecule has 1 aliphatic heterocycles. The quantitative estimate of drug-likeness (QED) is 0.620. The lowest BCUT2D eigenvalue weighted by atomic mass is 9.79. The van der Waals surface area contributed by atoms with E-state index in [0.717, 1.165) is 17.4 Å². The SMILES string of the molecule is CC[C@H]1OB(O)c2ccccc21. The Labute approximate surface area is 72.3 Å². The Kier molecular flexibility index (Phi) is 1.91. The molecule has 1 aromatic carbocycles. The largest absolute Gasteiger partial charge is 0.491 e. The smallest absolute Gasteiger partial charge is 0.423 e. The maximum absolute atomic E-state index is 9.46. The van der Waals surface area contributed by atoms with E-state index in [-0.39, 0.29) is 6.10 Å². The molecule has 0 aromatic heterocycles. The fourth-order valence-electron chi connectivity index (χ4n) is 1.65. The van der Waals surface area contributed by atoms with E-state index in [1.54, 1.807) is 0 Å². The van der Waals surface area contributed by atoms with Gasteiger partial charge in [0.05, 0.1) is 6.10 Å². The lowest BCUT2D eigenvalue weighted by molar-refractivity contribution is 0.186. The van der Waals surface area contributed by atoms with Crippen LogP contribution in [0.5, 0.6) is 0 Å². The van der Waals surface area contributed by atoms with E-state index in [1.807, 2.05) is 24.3 Å². The van der Waals surface area contributed by atoms with Crippen molar-refractivity contribution in [2.24, 2.45) is 0 Å². The third-order valence-electron chi connectivity index (χ3n) is 2.27. The first-order valence-electron chi connectivity index (χ1n) is 4.25. The summed E-state index contributed by atoms with van der Waals surface area (Å²) in [5, 5.41) is 9.46. The minimum atomic E-state index is -0.717. The molecular weight excluding hydrogens is 151 g/mol. The van der Waals surface area contributed by atoms with Gasteiger partial charge < -0.3 is 9.68 Å². The number of hydrogen-bond donors (Lipinski definition) is 1. The van der Waals surface area contributed by atoms with Gasteiger partial charge in [-0.25, -0.2) is 0 Å². The Morgan fingerprint density at radius 1 is 1.50 bits per heavy atom. The zero-order valence-corrected chi connectivity index (χ0v) is 7.03. The van der Waals surface area contributed by atoms with E-state index in [1.165, 1.54) is 0 Å². The van der Waals surface area contributed by atoms with E-state index in [4.69, 9.17) is 4.65 Å². The molecule has 2 nitrogen and oxygen atoms in total. The van der Waals surface area contributed by atoms with Crippen LogP contribution in [0.1, 0.15) is 25.0 Å². The Bertz CT molecular complexity index is 288. The van der Waals surface area contributed by atoms with Crippen LogP contribution in [-0.4, -0.2) is 12.1 Å². The zero-order valence-electron chi connectivity index (χ0n) is 7.03. The van der Waals surface area contributed by atoms with Gasteiger partial charge in [-0.15, -0.1) is 0 Å². The van der Waals surface area contributed by atoms with Gasteiger partial charge in [-0.1, -0.05) is 31.2 Å². The Morgan fingerprint density at radius 3 is 3.00 bits per heavy atom. The van der Waals surface area contributed by atoms with Gasteiger partial charge in [0.25, 0.3) is 0 Å². The van der Waals surface area contributed by atoms with Crippen molar-refractivity contribution < 1.29 is 9.68 Å². The van der Waals surface area contributed by atoms with Gasteiger partial charge in [-0.2, -0.15) is 0 Å². The monoisotopic (exact) mass is 162 g/mol. The Balaban J connectivity index is 2.43. The molecule has 1 aliphatic rings. The second kappa shape index (κ2) is 2.92. The predicted octanol–water partition coefficient (Wildman–Crippen LogP) is 0.855. The molecule has 0 unspecified atom stereocenters. The summed E-state index contributed by atoms with van der Waals surface area (Å²) >= 11 is 0. The van der Waals surface area contributed by atoms with Gasteiger partial charge in [-0.05, 0) is 17.4 Å². The van der Waals surface area contributed by atoms with E-state index >= 15 is 0 Å². The molecule has 1 aromatic rings. The number of rotatable bonds is 1. The topological polar surface area (TPSA) is 29.5 Å². The van der Waals surface area contributed by atoms with E-state index in [9.17, 15) is 5.02 Å². The van der Waals surface area contributed by atoms with Gasteiger partial charge >= 0.3 is 7.12 Å². The molecule has 12 heavy (non-hydrogen) atoms. The van der Waals surface area contributed by atoms with Crippen LogP contribution >= 0.6 is 0 Å². The third-order valence-corrected chi connectivity index (χ3v) is 2.27. The summed E-state index contributed by atoms with van der Waals surface area (Å²) in [5.41, 5.74) is 2.05. The molecule has 1 atom stereocenters. The first kappa shape index (κ1) is 7.83. The molecule has 0 spiro atoms. The van der Waals surface area contributed by atoms with Crippen molar-refractivity contribution in [1.29, 1.82) is 0 Å². The van der Waals surface area contributed by atoms with Crippen molar-refractivity contribution in [3.63, 3.8) is 0 Å². The average molecular weight is 162 g/mol. The number of benzene rings is 1. The molecule has 0 radical (unpaired) electrons. The lowest BCUT2D eigenvalue weighted by Crippen LogP contribution is -2.27. The normalized spacial score (nSPS) is 21.2. The lowest BCUT2D eigenvalue weighted by Gasteiger charge is -2.07. The van der Waals surface area contributed by atoms with Crippen LogP contribution in [0.3, 0.4) is 0 Å². The van der Waals surface area contributed by atoms with Crippen LogP contribution in [0, 0.1) is 0 Å². The van der Waals surface area contributed by atoms with E-state index < -0.39 is 7.12 Å². The molecule has 62 valence electrons. The molecule has 0 amide bonds. The number of fused-ring (bicyclic) bond motifs is 1. The molecule has 3 heteroatoms. The first-order chi connectivity index (χ1) is 5.83. The molecule has 0 fully saturated rings. The first-order valence-corrected chi connectivity index (χ1v) is 4.25. The molecule has 0 bridgehead atoms. The van der Waals surface area contributed by atoms with Gasteiger partial charge in [0, 0.05) is 0 Å². The summed E-state index contributed by atoms with van der Waals surface area (Å²) in [7, 11) is -0.717. The summed E-state index contributed by atoms with van der Waals surface area (Å²) in [6.45, 7) is 2.06. The molecule has 1 heterocycles. The van der Waals surface area contributed by atoms with E-state index in [2.05, 4.69) is 6.92 Å². The van der Waals surface area contributed by atoms with Gasteiger partial charge in [0.2, 0.25) is 0 Å². The van der Waals surface area contributed by atoms with Crippen LogP contribution in [0.25, 0.3) is 0 Å². The van der Waals surface area contributed by atoms with Crippen LogP contribution in [0.4, 0.5) is 0 Å². The summed E-state index contributed by atoms with van der Waals surface area (Å²) in [4.78, 5) is 0. The summed E-state index contributed by atoms with van der Waals surface area (Å²) in [6.07, 6.45) is 0.991. The minimum Gasteiger partial charge on any atom is -0.423 e. The Morgan fingerprint density at radius 2 is 2.25 bits per heavy atom. The van der Waals surface area contributed by atoms with Crippen LogP contribution in [0.15, 0.2) is 24.3 Å². The maximum atomic E-state index is 9.46. The highest BCUT2D eigenvalue weighted by atomic mass is 16.5. The van der Waals surface area contributed by atoms with Gasteiger partial charge in [-0.3, -0.25) is 0 Å². The minimum absolute atomic E-state index is 0.0798. The second-order valence-electron chi connectivity index (χ2n) is 3.01. The van der Waals surface area contributed by atoms with Gasteiger partial charge in [0.15, 0.2) is 0 Å². The van der Waals surface area contributed by atoms with Crippen LogP contribution in [0.2, 0.25) is 0 Å². The van der Waals surface area contributed by atoms with Crippen molar-refractivity contribution in [3.8, 4) is 0 Å². The Hall–Kier alpha value is -0.795.